The van der Waals surface area contributed by atoms with Crippen LogP contribution in [0.15, 0.2) is 89.8 Å². The van der Waals surface area contributed by atoms with Crippen molar-refractivity contribution in [1.29, 1.82) is 0 Å². The highest BCUT2D eigenvalue weighted by atomic mass is 32.2. The van der Waals surface area contributed by atoms with E-state index in [4.69, 9.17) is 23.7 Å². The lowest BCUT2D eigenvalue weighted by atomic mass is 9.88. The predicted octanol–water partition coefficient (Wildman–Crippen LogP) is 3.97. The number of benzene rings is 3. The van der Waals surface area contributed by atoms with Crippen LogP contribution >= 0.6 is 0 Å². The summed E-state index contributed by atoms with van der Waals surface area (Å²) in [7, 11) is -4.14. The van der Waals surface area contributed by atoms with Crippen LogP contribution in [0.25, 0.3) is 0 Å². The van der Waals surface area contributed by atoms with Gasteiger partial charge in [-0.1, -0.05) is 67.6 Å². The summed E-state index contributed by atoms with van der Waals surface area (Å²) >= 11 is 0. The first kappa shape index (κ1) is 29.0. The molecule has 11 heteroatoms. The van der Waals surface area contributed by atoms with Crippen molar-refractivity contribution in [3.05, 3.63) is 96.1 Å². The number of sulfonamides is 1. The number of carbonyl (C=O) groups is 1. The molecule has 0 aliphatic carbocycles. The van der Waals surface area contributed by atoms with E-state index < -0.39 is 27.6 Å². The van der Waals surface area contributed by atoms with E-state index in [1.54, 1.807) is 19.1 Å². The number of fused-ring (bicyclic) bond motifs is 3. The van der Waals surface area contributed by atoms with Gasteiger partial charge in [0.2, 0.25) is 10.0 Å². The Morgan fingerprint density at radius 3 is 1.95 bits per heavy atom. The molecule has 1 amide bonds. The minimum atomic E-state index is -4.14. The second-order valence-corrected chi connectivity index (χ2v) is 12.5. The van der Waals surface area contributed by atoms with Crippen molar-refractivity contribution >= 4 is 16.1 Å². The number of hydrogen-bond donors (Lipinski definition) is 2. The quantitative estimate of drug-likeness (QED) is 0.349. The first-order valence-corrected chi connectivity index (χ1v) is 14.8. The molecule has 2 bridgehead atoms. The number of carbonyl (C=O) groups excluding carboxylic acids is 1. The summed E-state index contributed by atoms with van der Waals surface area (Å²) in [5.74, 6) is -1.24. The summed E-state index contributed by atoms with van der Waals surface area (Å²) in [5, 5.41) is 2.64. The Bertz CT molecular complexity index is 1410. The van der Waals surface area contributed by atoms with Crippen LogP contribution in [-0.4, -0.2) is 52.4 Å². The minimum absolute atomic E-state index is 0.00435. The highest BCUT2D eigenvalue weighted by Crippen LogP contribution is 2.44. The molecule has 3 aliphatic heterocycles. The van der Waals surface area contributed by atoms with E-state index in [9.17, 15) is 13.2 Å². The topological polar surface area (TPSA) is 121 Å². The van der Waals surface area contributed by atoms with Gasteiger partial charge in [0.05, 0.1) is 24.7 Å². The second-order valence-electron chi connectivity index (χ2n) is 10.8. The Labute approximate surface area is 240 Å². The van der Waals surface area contributed by atoms with Gasteiger partial charge in [0.25, 0.3) is 0 Å². The molecule has 2 N–H and O–H groups in total. The van der Waals surface area contributed by atoms with E-state index in [1.807, 2.05) is 67.6 Å². The fraction of sp³-hybridized carbons (Fsp3) is 0.367. The van der Waals surface area contributed by atoms with E-state index in [1.165, 1.54) is 12.1 Å². The summed E-state index contributed by atoms with van der Waals surface area (Å²) in [6.07, 6.45) is -0.730. The standard InChI is InChI=1S/C30H34N2O8S/c1-28-20-38-30(39-21-28,40-22-28)29(2,19-31-27(33)37-18-24-11-7-4-8-12-24)32-41(34,35)26-15-13-25(14-16-26)36-17-23-9-5-3-6-10-23/h3-16,32H,17-22H2,1-2H3,(H,31,33). The van der Waals surface area contributed by atoms with E-state index in [2.05, 4.69) is 10.0 Å². The van der Waals surface area contributed by atoms with Gasteiger partial charge in [0, 0.05) is 12.0 Å². The molecule has 10 nitrogen and oxygen atoms in total. The van der Waals surface area contributed by atoms with Crippen LogP contribution < -0.4 is 14.8 Å². The third kappa shape index (κ3) is 6.71. The zero-order valence-electron chi connectivity index (χ0n) is 23.0. The largest absolute Gasteiger partial charge is 0.489 e. The Hall–Kier alpha value is -3.48. The zero-order chi connectivity index (χ0) is 29.0. The number of ether oxygens (including phenoxy) is 5. The van der Waals surface area contributed by atoms with Crippen molar-refractivity contribution in [2.45, 2.75) is 43.5 Å². The van der Waals surface area contributed by atoms with Gasteiger partial charge >= 0.3 is 12.1 Å². The lowest BCUT2D eigenvalue weighted by Gasteiger charge is -2.56. The van der Waals surface area contributed by atoms with Crippen LogP contribution in [0.4, 0.5) is 4.79 Å². The summed E-state index contributed by atoms with van der Waals surface area (Å²) in [6, 6.07) is 24.9. The first-order chi connectivity index (χ1) is 19.6. The Kier molecular flexibility index (Phi) is 8.35. The van der Waals surface area contributed by atoms with Gasteiger partial charge in [-0.15, -0.1) is 0 Å². The van der Waals surface area contributed by atoms with Crippen LogP contribution in [0.1, 0.15) is 25.0 Å². The molecule has 0 saturated carbocycles. The molecule has 3 heterocycles. The Balaban J connectivity index is 1.29. The maximum atomic E-state index is 13.6. The smallest absolute Gasteiger partial charge is 0.407 e. The van der Waals surface area contributed by atoms with E-state index in [0.29, 0.717) is 32.2 Å². The molecular formula is C30H34N2O8S. The normalized spacial score (nSPS) is 23.4. The zero-order valence-corrected chi connectivity index (χ0v) is 23.8. The molecule has 1 unspecified atom stereocenters. The third-order valence-corrected chi connectivity index (χ3v) is 8.66. The summed E-state index contributed by atoms with van der Waals surface area (Å²) in [6.45, 7) is 4.59. The monoisotopic (exact) mass is 582 g/mol. The van der Waals surface area contributed by atoms with Crippen LogP contribution in [0, 0.1) is 5.41 Å². The molecule has 3 aromatic carbocycles. The van der Waals surface area contributed by atoms with Crippen molar-refractivity contribution in [3.63, 3.8) is 0 Å². The molecule has 0 spiro atoms. The SMILES string of the molecule is CC12COC(C(C)(CNC(=O)OCc3ccccc3)NS(=O)(=O)c3ccc(OCc4ccccc4)cc3)(OC1)OC2. The molecule has 3 aliphatic rings. The van der Waals surface area contributed by atoms with Crippen LogP contribution in [-0.2, 0) is 42.2 Å². The van der Waals surface area contributed by atoms with Gasteiger partial charge < -0.3 is 29.0 Å². The highest BCUT2D eigenvalue weighted by molar-refractivity contribution is 7.89. The van der Waals surface area contributed by atoms with Gasteiger partial charge in [-0.2, -0.15) is 4.72 Å². The van der Waals surface area contributed by atoms with Gasteiger partial charge in [-0.05, 0) is 42.3 Å². The predicted molar refractivity (Wildman–Crippen MR) is 149 cm³/mol. The van der Waals surface area contributed by atoms with Crippen molar-refractivity contribution in [2.75, 3.05) is 26.4 Å². The molecule has 0 radical (unpaired) electrons. The molecule has 218 valence electrons. The van der Waals surface area contributed by atoms with E-state index in [-0.39, 0.29) is 23.5 Å². The number of nitrogens with one attached hydrogen (secondary N) is 2. The van der Waals surface area contributed by atoms with Crippen LogP contribution in [0.5, 0.6) is 5.75 Å². The Morgan fingerprint density at radius 1 is 0.854 bits per heavy atom. The average molecular weight is 583 g/mol. The molecule has 41 heavy (non-hydrogen) atoms. The fourth-order valence-corrected chi connectivity index (χ4v) is 5.98. The van der Waals surface area contributed by atoms with Gasteiger partial charge in [0.1, 0.15) is 24.5 Å². The summed E-state index contributed by atoms with van der Waals surface area (Å²) < 4.78 is 59.0. The Morgan fingerprint density at radius 2 is 1.39 bits per heavy atom. The molecule has 1 atom stereocenters. The number of amides is 1. The molecule has 0 aromatic heterocycles. The van der Waals surface area contributed by atoms with Crippen molar-refractivity contribution in [1.82, 2.24) is 10.0 Å². The average Bonchev–Trinajstić information content (AvgIpc) is 2.99. The number of rotatable bonds is 11. The van der Waals surface area contributed by atoms with Crippen molar-refractivity contribution in [2.24, 2.45) is 5.41 Å². The molecule has 6 rings (SSSR count). The van der Waals surface area contributed by atoms with E-state index in [0.717, 1.165) is 11.1 Å². The van der Waals surface area contributed by atoms with Gasteiger partial charge in [0.15, 0.2) is 0 Å². The molecule has 3 saturated heterocycles. The molecular weight excluding hydrogens is 548 g/mol. The fourth-order valence-electron chi connectivity index (χ4n) is 4.58. The summed E-state index contributed by atoms with van der Waals surface area (Å²) in [5.41, 5.74) is -0.109. The maximum absolute atomic E-state index is 13.6. The van der Waals surface area contributed by atoms with Crippen molar-refractivity contribution < 1.29 is 36.9 Å². The lowest BCUT2D eigenvalue weighted by molar-refractivity contribution is -0.486. The second kappa shape index (κ2) is 11.8. The maximum Gasteiger partial charge on any atom is 0.407 e. The van der Waals surface area contributed by atoms with Crippen LogP contribution in [0.2, 0.25) is 0 Å². The highest BCUT2D eigenvalue weighted by Gasteiger charge is 2.62. The number of alkyl carbamates (subject to hydrolysis) is 1. The minimum Gasteiger partial charge on any atom is -0.489 e. The molecule has 3 aromatic rings. The number of hydrogen-bond acceptors (Lipinski definition) is 8. The van der Waals surface area contributed by atoms with Crippen LogP contribution in [0.3, 0.4) is 0 Å². The third-order valence-electron chi connectivity index (χ3n) is 7.05. The van der Waals surface area contributed by atoms with Crippen molar-refractivity contribution in [3.8, 4) is 5.75 Å². The molecule has 3 fully saturated rings. The van der Waals surface area contributed by atoms with Gasteiger partial charge in [-0.25, -0.2) is 13.2 Å². The van der Waals surface area contributed by atoms with E-state index >= 15 is 0 Å². The van der Waals surface area contributed by atoms with Gasteiger partial charge in [-0.3, -0.25) is 0 Å². The first-order valence-electron chi connectivity index (χ1n) is 13.3. The summed E-state index contributed by atoms with van der Waals surface area (Å²) in [4.78, 5) is 12.6. The lowest BCUT2D eigenvalue weighted by Crippen LogP contribution is -2.75.